The molecule has 0 spiro atoms. The third-order valence-corrected chi connectivity index (χ3v) is 1.75. The molecule has 0 atom stereocenters. The zero-order valence-electron chi connectivity index (χ0n) is 8.17. The van der Waals surface area contributed by atoms with E-state index in [4.69, 9.17) is 15.0 Å². The third kappa shape index (κ3) is 2.10. The Hall–Kier alpha value is -1.95. The molecule has 78 valence electrons. The van der Waals surface area contributed by atoms with E-state index in [-0.39, 0.29) is 0 Å². The molecule has 0 aliphatic carbocycles. The predicted molar refractivity (Wildman–Crippen MR) is 52.7 cm³/mol. The van der Waals surface area contributed by atoms with Crippen LogP contribution in [0.1, 0.15) is 5.82 Å². The maximum Gasteiger partial charge on any atom is 0.259 e. The molecular formula is C9H10N4O2. The Balaban J connectivity index is 2.29. The lowest BCUT2D eigenvalue weighted by Crippen LogP contribution is -1.90. The van der Waals surface area contributed by atoms with E-state index in [0.29, 0.717) is 29.6 Å². The third-order valence-electron chi connectivity index (χ3n) is 1.75. The second-order valence-corrected chi connectivity index (χ2v) is 2.96. The molecule has 2 heterocycles. The largest absolute Gasteiger partial charge is 0.397 e. The molecule has 0 aromatic carbocycles. The van der Waals surface area contributed by atoms with Crippen LogP contribution in [-0.2, 0) is 11.3 Å². The molecule has 2 rings (SSSR count). The highest BCUT2D eigenvalue weighted by atomic mass is 16.5. The van der Waals surface area contributed by atoms with Crippen molar-refractivity contribution in [3.05, 3.63) is 24.3 Å². The Labute approximate surface area is 86.1 Å². The van der Waals surface area contributed by atoms with Crippen molar-refractivity contribution in [3.63, 3.8) is 0 Å². The molecule has 0 aliphatic rings. The van der Waals surface area contributed by atoms with Crippen LogP contribution in [0.4, 0.5) is 5.69 Å². The zero-order valence-corrected chi connectivity index (χ0v) is 8.17. The molecule has 2 aromatic rings. The number of aromatic nitrogens is 3. The Bertz CT molecular complexity index is 455. The van der Waals surface area contributed by atoms with Crippen LogP contribution in [0, 0.1) is 0 Å². The molecule has 0 aliphatic heterocycles. The predicted octanol–water partition coefficient (Wildman–Crippen LogP) is 0.860. The van der Waals surface area contributed by atoms with Crippen LogP contribution < -0.4 is 5.73 Å². The van der Waals surface area contributed by atoms with Gasteiger partial charge in [-0.3, -0.25) is 4.98 Å². The average Bonchev–Trinajstić information content (AvgIpc) is 2.67. The normalized spacial score (nSPS) is 10.5. The molecular weight excluding hydrogens is 196 g/mol. The van der Waals surface area contributed by atoms with Gasteiger partial charge in [-0.15, -0.1) is 0 Å². The fraction of sp³-hybridized carbons (Fsp3) is 0.222. The van der Waals surface area contributed by atoms with Crippen LogP contribution in [0.2, 0.25) is 0 Å². The van der Waals surface area contributed by atoms with E-state index in [1.54, 1.807) is 25.6 Å². The highest BCUT2D eigenvalue weighted by molar-refractivity contribution is 5.57. The number of anilines is 1. The van der Waals surface area contributed by atoms with Crippen molar-refractivity contribution >= 4 is 5.69 Å². The molecule has 15 heavy (non-hydrogen) atoms. The quantitative estimate of drug-likeness (QED) is 0.801. The fourth-order valence-electron chi connectivity index (χ4n) is 1.13. The van der Waals surface area contributed by atoms with E-state index in [1.165, 1.54) is 0 Å². The summed E-state index contributed by atoms with van der Waals surface area (Å²) in [5.41, 5.74) is 6.84. The van der Waals surface area contributed by atoms with Gasteiger partial charge in [-0.05, 0) is 6.07 Å². The van der Waals surface area contributed by atoms with Crippen LogP contribution in [0.25, 0.3) is 11.5 Å². The maximum absolute atomic E-state index is 5.58. The number of nitrogens with two attached hydrogens (primary N) is 1. The number of ether oxygens (including phenoxy) is 1. The van der Waals surface area contributed by atoms with Crippen LogP contribution in [0.3, 0.4) is 0 Å². The minimum atomic E-state index is 0.319. The van der Waals surface area contributed by atoms with E-state index in [9.17, 15) is 0 Å². The molecule has 0 fully saturated rings. The summed E-state index contributed by atoms with van der Waals surface area (Å²) in [6, 6.07) is 1.72. The van der Waals surface area contributed by atoms with E-state index in [0.717, 1.165) is 0 Å². The smallest absolute Gasteiger partial charge is 0.259 e. The summed E-state index contributed by atoms with van der Waals surface area (Å²) in [5, 5.41) is 3.73. The van der Waals surface area contributed by atoms with Crippen molar-refractivity contribution in [2.45, 2.75) is 6.61 Å². The number of rotatable bonds is 3. The first kappa shape index (κ1) is 9.60. The van der Waals surface area contributed by atoms with Crippen LogP contribution in [0.15, 0.2) is 23.0 Å². The molecule has 6 nitrogen and oxygen atoms in total. The minimum absolute atomic E-state index is 0.319. The van der Waals surface area contributed by atoms with Crippen molar-refractivity contribution in [2.75, 3.05) is 12.8 Å². The van der Waals surface area contributed by atoms with Crippen molar-refractivity contribution in [3.8, 4) is 11.5 Å². The van der Waals surface area contributed by atoms with Gasteiger partial charge in [-0.1, -0.05) is 5.16 Å². The maximum atomic E-state index is 5.58. The number of hydrogen-bond acceptors (Lipinski definition) is 6. The number of nitrogens with zero attached hydrogens (tertiary/aromatic N) is 3. The number of methoxy groups -OCH3 is 1. The molecule has 2 N–H and O–H groups in total. The summed E-state index contributed by atoms with van der Waals surface area (Å²) in [4.78, 5) is 8.04. The highest BCUT2D eigenvalue weighted by Gasteiger charge is 2.08. The topological polar surface area (TPSA) is 87.1 Å². The van der Waals surface area contributed by atoms with Gasteiger partial charge in [-0.25, -0.2) is 0 Å². The molecule has 0 radical (unpaired) electrons. The van der Waals surface area contributed by atoms with Crippen molar-refractivity contribution < 1.29 is 9.26 Å². The molecule has 6 heteroatoms. The summed E-state index contributed by atoms with van der Waals surface area (Å²) in [6.45, 7) is 0.319. The van der Waals surface area contributed by atoms with Crippen LogP contribution in [0.5, 0.6) is 0 Å². The summed E-state index contributed by atoms with van der Waals surface area (Å²) in [5.74, 6) is 0.886. The van der Waals surface area contributed by atoms with Crippen molar-refractivity contribution in [1.29, 1.82) is 0 Å². The van der Waals surface area contributed by atoms with Gasteiger partial charge in [0.2, 0.25) is 0 Å². The first-order valence-electron chi connectivity index (χ1n) is 4.32. The SMILES string of the molecule is COCc1noc(-c2cncc(N)c2)n1. The molecule has 0 saturated carbocycles. The highest BCUT2D eigenvalue weighted by Crippen LogP contribution is 2.17. The van der Waals surface area contributed by atoms with E-state index >= 15 is 0 Å². The van der Waals surface area contributed by atoms with Crippen LogP contribution >= 0.6 is 0 Å². The van der Waals surface area contributed by atoms with Gasteiger partial charge in [0.1, 0.15) is 6.61 Å². The molecule has 2 aromatic heterocycles. The van der Waals surface area contributed by atoms with Gasteiger partial charge in [0, 0.05) is 19.5 Å². The minimum Gasteiger partial charge on any atom is -0.397 e. The van der Waals surface area contributed by atoms with Gasteiger partial charge in [0.15, 0.2) is 5.82 Å². The Kier molecular flexibility index (Phi) is 2.59. The van der Waals surface area contributed by atoms with E-state index in [1.807, 2.05) is 0 Å². The fourth-order valence-corrected chi connectivity index (χ4v) is 1.13. The number of pyridine rings is 1. The second-order valence-electron chi connectivity index (χ2n) is 2.96. The monoisotopic (exact) mass is 206 g/mol. The van der Waals surface area contributed by atoms with Gasteiger partial charge >= 0.3 is 0 Å². The van der Waals surface area contributed by atoms with Crippen LogP contribution in [-0.4, -0.2) is 22.2 Å². The van der Waals surface area contributed by atoms with Gasteiger partial charge in [-0.2, -0.15) is 4.98 Å². The standard InChI is InChI=1S/C9H10N4O2/c1-14-5-8-12-9(15-13-8)6-2-7(10)4-11-3-6/h2-4H,5,10H2,1H3. The molecule has 0 saturated heterocycles. The molecule has 0 bridgehead atoms. The van der Waals surface area contributed by atoms with Crippen molar-refractivity contribution in [1.82, 2.24) is 15.1 Å². The van der Waals surface area contributed by atoms with E-state index in [2.05, 4.69) is 15.1 Å². The Morgan fingerprint density at radius 3 is 3.07 bits per heavy atom. The summed E-state index contributed by atoms with van der Waals surface area (Å²) in [6.07, 6.45) is 3.16. The Morgan fingerprint density at radius 2 is 2.33 bits per heavy atom. The lowest BCUT2D eigenvalue weighted by Gasteiger charge is -1.94. The van der Waals surface area contributed by atoms with Gasteiger partial charge < -0.3 is 15.0 Å². The lowest BCUT2D eigenvalue weighted by molar-refractivity contribution is 0.174. The molecule has 0 amide bonds. The zero-order chi connectivity index (χ0) is 10.7. The average molecular weight is 206 g/mol. The second kappa shape index (κ2) is 4.05. The summed E-state index contributed by atoms with van der Waals surface area (Å²) < 4.78 is 9.90. The molecule has 0 unspecified atom stereocenters. The summed E-state index contributed by atoms with van der Waals surface area (Å²) in [7, 11) is 1.57. The first-order chi connectivity index (χ1) is 7.29. The van der Waals surface area contributed by atoms with Gasteiger partial charge in [0.05, 0.1) is 11.3 Å². The van der Waals surface area contributed by atoms with Crippen molar-refractivity contribution in [2.24, 2.45) is 0 Å². The Morgan fingerprint density at radius 1 is 1.47 bits per heavy atom. The number of hydrogen-bond donors (Lipinski definition) is 1. The van der Waals surface area contributed by atoms with Gasteiger partial charge in [0.25, 0.3) is 5.89 Å². The lowest BCUT2D eigenvalue weighted by atomic mass is 10.2. The number of nitrogen functional groups attached to an aromatic ring is 1. The van der Waals surface area contributed by atoms with E-state index < -0.39 is 0 Å². The summed E-state index contributed by atoms with van der Waals surface area (Å²) >= 11 is 0. The first-order valence-corrected chi connectivity index (χ1v) is 4.32.